The highest BCUT2D eigenvalue weighted by Gasteiger charge is 2.26. The van der Waals surface area contributed by atoms with Crippen LogP contribution in [0.3, 0.4) is 0 Å². The molecule has 2 fully saturated rings. The number of thiophene rings is 2. The molecule has 114 valence electrons. The molecule has 3 heteroatoms. The van der Waals surface area contributed by atoms with Gasteiger partial charge in [0.05, 0.1) is 0 Å². The summed E-state index contributed by atoms with van der Waals surface area (Å²) in [5, 5.41) is 6.41. The molecular formula is C18H23BrS2. The molecule has 0 saturated heterocycles. The van der Waals surface area contributed by atoms with E-state index >= 15 is 0 Å². The van der Waals surface area contributed by atoms with Crippen LogP contribution in [-0.2, 0) is 0 Å². The summed E-state index contributed by atoms with van der Waals surface area (Å²) >= 11 is 7.02. The van der Waals surface area contributed by atoms with Crippen LogP contribution in [0.15, 0.2) is 32.7 Å². The summed E-state index contributed by atoms with van der Waals surface area (Å²) < 4.78 is 1.17. The summed E-state index contributed by atoms with van der Waals surface area (Å²) in [5.41, 5.74) is 1.74. The van der Waals surface area contributed by atoms with Crippen molar-refractivity contribution in [3.8, 4) is 0 Å². The molecule has 2 saturated carbocycles. The van der Waals surface area contributed by atoms with Gasteiger partial charge in [-0.25, -0.2) is 0 Å². The van der Waals surface area contributed by atoms with Gasteiger partial charge in [-0.05, 0) is 81.9 Å². The molecule has 0 unspecified atom stereocenters. The Hall–Kier alpha value is -0.120. The van der Waals surface area contributed by atoms with E-state index in [2.05, 4.69) is 27.4 Å². The predicted molar refractivity (Wildman–Crippen MR) is 98.8 cm³/mol. The quantitative estimate of drug-likeness (QED) is 0.501. The minimum Gasteiger partial charge on any atom is -0.151 e. The van der Waals surface area contributed by atoms with Gasteiger partial charge in [0, 0.05) is 14.7 Å². The van der Waals surface area contributed by atoms with Gasteiger partial charge in [-0.2, -0.15) is 11.3 Å². The zero-order valence-corrected chi connectivity index (χ0v) is 15.6. The summed E-state index contributed by atoms with van der Waals surface area (Å²) in [5.74, 6) is 1.85. The van der Waals surface area contributed by atoms with Crippen LogP contribution in [0.25, 0.3) is 0 Å². The van der Waals surface area contributed by atoms with E-state index in [0.29, 0.717) is 0 Å². The maximum absolute atomic E-state index is 3.29. The standard InChI is InChI=1S/C14H20S.C4H3BrS/c1-2-6-11(5-1)13-9-10-15-14(13)12-7-3-4-8-12;5-4-1-2-6-3-4/h9-12H,1-8H2;1-3H. The fourth-order valence-electron chi connectivity index (χ4n) is 3.67. The molecule has 2 aliphatic carbocycles. The van der Waals surface area contributed by atoms with Gasteiger partial charge in [0.15, 0.2) is 0 Å². The van der Waals surface area contributed by atoms with E-state index in [9.17, 15) is 0 Å². The van der Waals surface area contributed by atoms with Gasteiger partial charge >= 0.3 is 0 Å². The first-order chi connectivity index (χ1) is 10.3. The lowest BCUT2D eigenvalue weighted by Crippen LogP contribution is -1.98. The Morgan fingerprint density at radius 3 is 2.05 bits per heavy atom. The van der Waals surface area contributed by atoms with Gasteiger partial charge in [-0.3, -0.25) is 0 Å². The first-order valence-electron chi connectivity index (χ1n) is 8.09. The van der Waals surface area contributed by atoms with E-state index in [1.807, 2.05) is 28.2 Å². The van der Waals surface area contributed by atoms with E-state index in [0.717, 1.165) is 11.8 Å². The number of halogens is 1. The van der Waals surface area contributed by atoms with Crippen molar-refractivity contribution in [2.75, 3.05) is 0 Å². The van der Waals surface area contributed by atoms with Crippen LogP contribution >= 0.6 is 38.6 Å². The fourth-order valence-corrected chi connectivity index (χ4v) is 5.98. The van der Waals surface area contributed by atoms with Gasteiger partial charge in [0.1, 0.15) is 0 Å². The summed E-state index contributed by atoms with van der Waals surface area (Å²) in [6.45, 7) is 0. The van der Waals surface area contributed by atoms with Crippen LogP contribution < -0.4 is 0 Å². The van der Waals surface area contributed by atoms with Crippen LogP contribution in [0.4, 0.5) is 0 Å². The average molecular weight is 383 g/mol. The van der Waals surface area contributed by atoms with Crippen molar-refractivity contribution in [1.29, 1.82) is 0 Å². The second kappa shape index (κ2) is 7.94. The molecule has 2 heterocycles. The molecule has 2 aromatic heterocycles. The molecule has 0 N–H and O–H groups in total. The Labute approximate surface area is 144 Å². The molecule has 21 heavy (non-hydrogen) atoms. The lowest BCUT2D eigenvalue weighted by atomic mass is 9.93. The molecule has 0 atom stereocenters. The largest absolute Gasteiger partial charge is 0.151 e. The second-order valence-corrected chi connectivity index (χ2v) is 8.79. The molecule has 0 nitrogen and oxygen atoms in total. The minimum absolute atomic E-state index is 0.923. The molecule has 0 aromatic carbocycles. The van der Waals surface area contributed by atoms with Gasteiger partial charge in [-0.1, -0.05) is 25.7 Å². The third kappa shape index (κ3) is 4.20. The van der Waals surface area contributed by atoms with E-state index in [4.69, 9.17) is 0 Å². The normalized spacial score (nSPS) is 19.7. The molecule has 0 spiro atoms. The highest BCUT2D eigenvalue weighted by Crippen LogP contribution is 2.44. The number of rotatable bonds is 2. The third-order valence-corrected chi connectivity index (χ3v) is 7.31. The molecule has 0 bridgehead atoms. The van der Waals surface area contributed by atoms with Crippen LogP contribution in [0.1, 0.15) is 73.6 Å². The van der Waals surface area contributed by atoms with Crippen molar-refractivity contribution in [2.24, 2.45) is 0 Å². The Morgan fingerprint density at radius 1 is 0.857 bits per heavy atom. The summed E-state index contributed by atoms with van der Waals surface area (Å²) in [4.78, 5) is 1.76. The number of hydrogen-bond donors (Lipinski definition) is 0. The zero-order chi connectivity index (χ0) is 14.5. The topological polar surface area (TPSA) is 0 Å². The van der Waals surface area contributed by atoms with Gasteiger partial charge in [0.25, 0.3) is 0 Å². The molecule has 4 rings (SSSR count). The van der Waals surface area contributed by atoms with E-state index in [1.165, 1.54) is 55.8 Å². The first-order valence-corrected chi connectivity index (χ1v) is 10.7. The minimum atomic E-state index is 0.923. The van der Waals surface area contributed by atoms with Crippen molar-refractivity contribution in [3.63, 3.8) is 0 Å². The molecular weight excluding hydrogens is 360 g/mol. The van der Waals surface area contributed by atoms with Crippen LogP contribution in [0, 0.1) is 0 Å². The zero-order valence-electron chi connectivity index (χ0n) is 12.4. The summed E-state index contributed by atoms with van der Waals surface area (Å²) in [6.07, 6.45) is 11.7. The van der Waals surface area contributed by atoms with Gasteiger partial charge in [-0.15, -0.1) is 11.3 Å². The highest BCUT2D eigenvalue weighted by atomic mass is 79.9. The lowest BCUT2D eigenvalue weighted by Gasteiger charge is -2.14. The smallest absolute Gasteiger partial charge is 0.0282 e. The molecule has 0 amide bonds. The van der Waals surface area contributed by atoms with E-state index in [-0.39, 0.29) is 0 Å². The first kappa shape index (κ1) is 15.8. The van der Waals surface area contributed by atoms with E-state index in [1.54, 1.807) is 21.8 Å². The van der Waals surface area contributed by atoms with Crippen LogP contribution in [0.2, 0.25) is 0 Å². The predicted octanol–water partition coefficient (Wildman–Crippen LogP) is 7.57. The molecule has 0 radical (unpaired) electrons. The molecule has 0 aliphatic heterocycles. The number of hydrogen-bond acceptors (Lipinski definition) is 2. The fraction of sp³-hybridized carbons (Fsp3) is 0.556. The molecule has 2 aromatic rings. The van der Waals surface area contributed by atoms with Gasteiger partial charge in [0.2, 0.25) is 0 Å². The third-order valence-electron chi connectivity index (χ3n) is 4.73. The lowest BCUT2D eigenvalue weighted by molar-refractivity contribution is 0.678. The Morgan fingerprint density at radius 2 is 1.52 bits per heavy atom. The monoisotopic (exact) mass is 382 g/mol. The van der Waals surface area contributed by atoms with Crippen molar-refractivity contribution in [1.82, 2.24) is 0 Å². The Kier molecular flexibility index (Phi) is 5.96. The summed E-state index contributed by atoms with van der Waals surface area (Å²) in [7, 11) is 0. The van der Waals surface area contributed by atoms with Crippen molar-refractivity contribution in [3.05, 3.63) is 43.2 Å². The average Bonchev–Trinajstić information content (AvgIpc) is 3.26. The van der Waals surface area contributed by atoms with Crippen molar-refractivity contribution < 1.29 is 0 Å². The highest BCUT2D eigenvalue weighted by molar-refractivity contribution is 9.10. The molecule has 2 aliphatic rings. The maximum Gasteiger partial charge on any atom is 0.0282 e. The second-order valence-electron chi connectivity index (χ2n) is 6.14. The van der Waals surface area contributed by atoms with E-state index < -0.39 is 0 Å². The van der Waals surface area contributed by atoms with Gasteiger partial charge < -0.3 is 0 Å². The van der Waals surface area contributed by atoms with Crippen molar-refractivity contribution >= 4 is 38.6 Å². The SMILES string of the molecule is Brc1ccsc1.c1cc(C2CCCC2)c(C2CCCC2)s1. The van der Waals surface area contributed by atoms with Crippen LogP contribution in [0.5, 0.6) is 0 Å². The maximum atomic E-state index is 3.29. The Balaban J connectivity index is 0.000000186. The summed E-state index contributed by atoms with van der Waals surface area (Å²) in [6, 6.07) is 4.44. The Bertz CT molecular complexity index is 487. The van der Waals surface area contributed by atoms with Crippen LogP contribution in [-0.4, -0.2) is 0 Å². The van der Waals surface area contributed by atoms with Crippen molar-refractivity contribution in [2.45, 2.75) is 63.2 Å².